The molecule has 0 saturated carbocycles. The van der Waals surface area contributed by atoms with Crippen LogP contribution in [-0.2, 0) is 16.0 Å². The van der Waals surface area contributed by atoms with Gasteiger partial charge >= 0.3 is 0 Å². The SMILES string of the molecule is CC(C)N1CCOC(C(=O)Cc2ccc(Br)cc2Cl)C1. The third-order valence-corrected chi connectivity index (χ3v) is 4.41. The molecule has 0 amide bonds. The molecule has 0 N–H and O–H groups in total. The van der Waals surface area contributed by atoms with Crippen molar-refractivity contribution in [1.29, 1.82) is 0 Å². The first-order chi connectivity index (χ1) is 9.47. The van der Waals surface area contributed by atoms with E-state index in [9.17, 15) is 4.79 Å². The minimum Gasteiger partial charge on any atom is -0.368 e. The highest BCUT2D eigenvalue weighted by Crippen LogP contribution is 2.23. The highest BCUT2D eigenvalue weighted by Gasteiger charge is 2.27. The Balaban J connectivity index is 2.00. The van der Waals surface area contributed by atoms with Gasteiger partial charge in [0, 0.05) is 35.0 Å². The Morgan fingerprint density at radius 1 is 1.55 bits per heavy atom. The molecule has 1 aromatic rings. The summed E-state index contributed by atoms with van der Waals surface area (Å²) in [6.45, 7) is 6.45. The first-order valence-corrected chi connectivity index (χ1v) is 7.96. The highest BCUT2D eigenvalue weighted by atomic mass is 79.9. The fourth-order valence-corrected chi connectivity index (χ4v) is 3.04. The zero-order valence-corrected chi connectivity index (χ0v) is 14.1. The van der Waals surface area contributed by atoms with Gasteiger partial charge in [-0.1, -0.05) is 33.6 Å². The number of carbonyl (C=O) groups is 1. The molecule has 0 aromatic heterocycles. The van der Waals surface area contributed by atoms with Crippen LogP contribution >= 0.6 is 27.5 Å². The summed E-state index contributed by atoms with van der Waals surface area (Å²) >= 11 is 9.52. The van der Waals surface area contributed by atoms with Crippen molar-refractivity contribution in [3.05, 3.63) is 33.3 Å². The summed E-state index contributed by atoms with van der Waals surface area (Å²) in [7, 11) is 0. The standard InChI is InChI=1S/C15H19BrClNO2/c1-10(2)18-5-6-20-15(9-18)14(19)7-11-3-4-12(16)8-13(11)17/h3-4,8,10,15H,5-7,9H2,1-2H3. The predicted molar refractivity (Wildman–Crippen MR) is 84.3 cm³/mol. The Hall–Kier alpha value is -0.420. The van der Waals surface area contributed by atoms with E-state index in [-0.39, 0.29) is 11.9 Å². The highest BCUT2D eigenvalue weighted by molar-refractivity contribution is 9.10. The second kappa shape index (κ2) is 7.03. The van der Waals surface area contributed by atoms with Crippen LogP contribution < -0.4 is 0 Å². The maximum atomic E-state index is 12.4. The van der Waals surface area contributed by atoms with Crippen LogP contribution in [0, 0.1) is 0 Å². The maximum Gasteiger partial charge on any atom is 0.167 e. The van der Waals surface area contributed by atoms with Gasteiger partial charge in [-0.25, -0.2) is 0 Å². The molecule has 1 aliphatic heterocycles. The molecule has 2 rings (SSSR count). The molecule has 20 heavy (non-hydrogen) atoms. The Morgan fingerprint density at radius 3 is 2.95 bits per heavy atom. The lowest BCUT2D eigenvalue weighted by Crippen LogP contribution is -2.49. The molecule has 1 unspecified atom stereocenters. The normalized spacial score (nSPS) is 20.4. The Labute approximate surface area is 133 Å². The van der Waals surface area contributed by atoms with Crippen molar-refractivity contribution in [3.63, 3.8) is 0 Å². The van der Waals surface area contributed by atoms with E-state index in [2.05, 4.69) is 34.7 Å². The third-order valence-electron chi connectivity index (χ3n) is 3.57. The lowest BCUT2D eigenvalue weighted by Gasteiger charge is -2.34. The number of hydrogen-bond donors (Lipinski definition) is 0. The molecular formula is C15H19BrClNO2. The number of carbonyl (C=O) groups excluding carboxylic acids is 1. The number of hydrogen-bond acceptors (Lipinski definition) is 3. The van der Waals surface area contributed by atoms with Crippen molar-refractivity contribution < 1.29 is 9.53 Å². The molecule has 1 saturated heterocycles. The molecule has 1 fully saturated rings. The molecule has 1 aromatic carbocycles. The summed E-state index contributed by atoms with van der Waals surface area (Å²) in [5.41, 5.74) is 0.852. The zero-order chi connectivity index (χ0) is 14.7. The minimum atomic E-state index is -0.342. The van der Waals surface area contributed by atoms with E-state index in [1.165, 1.54) is 0 Å². The van der Waals surface area contributed by atoms with Gasteiger partial charge in [0.1, 0.15) is 6.10 Å². The van der Waals surface area contributed by atoms with Crippen molar-refractivity contribution in [2.75, 3.05) is 19.7 Å². The van der Waals surface area contributed by atoms with Crippen molar-refractivity contribution in [3.8, 4) is 0 Å². The summed E-state index contributed by atoms with van der Waals surface area (Å²) in [5.74, 6) is 0.0968. The second-order valence-electron chi connectivity index (χ2n) is 5.33. The second-order valence-corrected chi connectivity index (χ2v) is 6.65. The molecule has 1 atom stereocenters. The fourth-order valence-electron chi connectivity index (χ4n) is 2.30. The van der Waals surface area contributed by atoms with Crippen LogP contribution in [0.3, 0.4) is 0 Å². The van der Waals surface area contributed by atoms with Gasteiger partial charge in [-0.2, -0.15) is 0 Å². The summed E-state index contributed by atoms with van der Waals surface area (Å²) in [6.07, 6.45) is -0.0197. The van der Waals surface area contributed by atoms with Gasteiger partial charge < -0.3 is 4.74 Å². The topological polar surface area (TPSA) is 29.5 Å². The molecule has 110 valence electrons. The lowest BCUT2D eigenvalue weighted by molar-refractivity contribution is -0.136. The van der Waals surface area contributed by atoms with Crippen molar-refractivity contribution in [2.45, 2.75) is 32.4 Å². The molecular weight excluding hydrogens is 342 g/mol. The molecule has 3 nitrogen and oxygen atoms in total. The molecule has 5 heteroatoms. The van der Waals surface area contributed by atoms with E-state index in [4.69, 9.17) is 16.3 Å². The Bertz CT molecular complexity index is 493. The average molecular weight is 361 g/mol. The first-order valence-electron chi connectivity index (χ1n) is 6.79. The van der Waals surface area contributed by atoms with E-state index >= 15 is 0 Å². The predicted octanol–water partition coefficient (Wildman–Crippen LogP) is 3.32. The number of ketones is 1. The van der Waals surface area contributed by atoms with E-state index in [0.717, 1.165) is 16.6 Å². The summed E-state index contributed by atoms with van der Waals surface area (Å²) in [6, 6.07) is 6.03. The summed E-state index contributed by atoms with van der Waals surface area (Å²) < 4.78 is 6.53. The van der Waals surface area contributed by atoms with Crippen LogP contribution in [0.2, 0.25) is 5.02 Å². The van der Waals surface area contributed by atoms with Gasteiger partial charge in [-0.15, -0.1) is 0 Å². The van der Waals surface area contributed by atoms with Gasteiger partial charge in [0.2, 0.25) is 0 Å². The minimum absolute atomic E-state index is 0.0968. The monoisotopic (exact) mass is 359 g/mol. The quantitative estimate of drug-likeness (QED) is 0.825. The van der Waals surface area contributed by atoms with E-state index in [1.807, 2.05) is 18.2 Å². The molecule has 0 bridgehead atoms. The van der Waals surface area contributed by atoms with E-state index in [1.54, 1.807) is 0 Å². The van der Waals surface area contributed by atoms with E-state index < -0.39 is 0 Å². The van der Waals surface area contributed by atoms with Crippen LogP contribution in [0.1, 0.15) is 19.4 Å². The van der Waals surface area contributed by atoms with Crippen LogP contribution in [0.5, 0.6) is 0 Å². The molecule has 1 heterocycles. The van der Waals surface area contributed by atoms with Crippen LogP contribution in [0.15, 0.2) is 22.7 Å². The maximum absolute atomic E-state index is 12.4. The number of morpholine rings is 1. The largest absolute Gasteiger partial charge is 0.368 e. The number of halogens is 2. The number of Topliss-reactive ketones (excluding diaryl/α,β-unsaturated/α-hetero) is 1. The molecule has 0 aliphatic carbocycles. The number of rotatable bonds is 4. The van der Waals surface area contributed by atoms with Crippen LogP contribution in [0.4, 0.5) is 0 Å². The van der Waals surface area contributed by atoms with Gasteiger partial charge in [0.05, 0.1) is 6.61 Å². The van der Waals surface area contributed by atoms with Gasteiger partial charge in [-0.3, -0.25) is 9.69 Å². The van der Waals surface area contributed by atoms with Crippen molar-refractivity contribution in [2.24, 2.45) is 0 Å². The fraction of sp³-hybridized carbons (Fsp3) is 0.533. The zero-order valence-electron chi connectivity index (χ0n) is 11.7. The van der Waals surface area contributed by atoms with Crippen molar-refractivity contribution in [1.82, 2.24) is 4.90 Å². The molecule has 0 spiro atoms. The van der Waals surface area contributed by atoms with Gasteiger partial charge in [0.25, 0.3) is 0 Å². The van der Waals surface area contributed by atoms with Crippen LogP contribution in [0.25, 0.3) is 0 Å². The van der Waals surface area contributed by atoms with Gasteiger partial charge in [-0.05, 0) is 31.5 Å². The van der Waals surface area contributed by atoms with Crippen LogP contribution in [-0.4, -0.2) is 42.5 Å². The first kappa shape index (κ1) is 16.0. The molecule has 0 radical (unpaired) electrons. The summed E-state index contributed by atoms with van der Waals surface area (Å²) in [5, 5.41) is 0.615. The number of ether oxygens (including phenoxy) is 1. The Kier molecular flexibility index (Phi) is 5.61. The third kappa shape index (κ3) is 4.04. The number of benzene rings is 1. The Morgan fingerprint density at radius 2 is 2.30 bits per heavy atom. The number of nitrogens with zero attached hydrogens (tertiary/aromatic N) is 1. The molecule has 1 aliphatic rings. The summed E-state index contributed by atoms with van der Waals surface area (Å²) in [4.78, 5) is 14.6. The lowest BCUT2D eigenvalue weighted by atomic mass is 10.0. The smallest absolute Gasteiger partial charge is 0.167 e. The van der Waals surface area contributed by atoms with E-state index in [0.29, 0.717) is 30.6 Å². The van der Waals surface area contributed by atoms with Crippen molar-refractivity contribution >= 4 is 33.3 Å². The average Bonchev–Trinajstić information content (AvgIpc) is 2.42. The van der Waals surface area contributed by atoms with Gasteiger partial charge in [0.15, 0.2) is 5.78 Å².